The van der Waals surface area contributed by atoms with Crippen LogP contribution in [0.3, 0.4) is 0 Å². The summed E-state index contributed by atoms with van der Waals surface area (Å²) < 4.78 is 17.5. The Kier molecular flexibility index (Phi) is 16.9. The summed E-state index contributed by atoms with van der Waals surface area (Å²) in [4.78, 5) is 43.5. The van der Waals surface area contributed by atoms with Crippen LogP contribution in [0.5, 0.6) is 11.5 Å². The molecule has 4 saturated heterocycles. The number of anilines is 4. The fraction of sp³-hybridized carbons (Fsp3) is 0.633. The van der Waals surface area contributed by atoms with Gasteiger partial charge in [0.05, 0.1) is 31.1 Å². The average molecular weight is 945 g/mol. The highest BCUT2D eigenvalue weighted by Gasteiger charge is 2.46. The number of amides is 2. The molecule has 0 spiro atoms. The molecule has 5 aliphatic heterocycles. The van der Waals surface area contributed by atoms with Crippen molar-refractivity contribution in [3.63, 3.8) is 0 Å². The monoisotopic (exact) mass is 945 g/mol. The third kappa shape index (κ3) is 11.6. The fourth-order valence-corrected chi connectivity index (χ4v) is 10.5. The number of fused-ring (bicyclic) bond motifs is 1. The Bertz CT molecular complexity index is 2160. The summed E-state index contributed by atoms with van der Waals surface area (Å²) >= 11 is 0. The smallest absolute Gasteiger partial charge is 0.271 e. The molecule has 5 atom stereocenters. The molecule has 3 aromatic rings. The Hall–Kier alpha value is -4.86. The molecule has 0 saturated carbocycles. The summed E-state index contributed by atoms with van der Waals surface area (Å²) in [5.41, 5.74) is 9.34. The van der Waals surface area contributed by atoms with Gasteiger partial charge >= 0.3 is 0 Å². The lowest BCUT2D eigenvalue weighted by Gasteiger charge is -2.43. The van der Waals surface area contributed by atoms with Gasteiger partial charge < -0.3 is 60.8 Å². The number of aryl methyl sites for hydroxylation is 1. The summed E-state index contributed by atoms with van der Waals surface area (Å²) in [5.74, 6) is 1.75. The van der Waals surface area contributed by atoms with Crippen LogP contribution in [-0.4, -0.2) is 154 Å². The maximum Gasteiger partial charge on any atom is 0.271 e. The normalized spacial score (nSPS) is 24.2. The van der Waals surface area contributed by atoms with Crippen molar-refractivity contribution < 1.29 is 44.2 Å². The number of nitrogens with two attached hydrogens (primary N) is 1. The predicted molar refractivity (Wildman–Crippen MR) is 257 cm³/mol. The van der Waals surface area contributed by atoms with Crippen molar-refractivity contribution in [1.29, 1.82) is 0 Å². The molecule has 19 nitrogen and oxygen atoms in total. The molecule has 0 bridgehead atoms. The number of nitrogens with zero attached hydrogens (tertiary/aromatic N) is 6. The van der Waals surface area contributed by atoms with Crippen LogP contribution in [0.25, 0.3) is 0 Å². The molecule has 2 amide bonds. The lowest BCUT2D eigenvalue weighted by Crippen LogP contribution is -2.57. The number of nitrogens with one attached hydrogen (secondary N) is 3. The van der Waals surface area contributed by atoms with Crippen molar-refractivity contribution in [3.05, 3.63) is 58.9 Å². The predicted octanol–water partition coefficient (Wildman–Crippen LogP) is 3.70. The molecule has 8 rings (SSSR count). The number of methoxy groups -OCH3 is 1. The van der Waals surface area contributed by atoms with E-state index in [-0.39, 0.29) is 17.6 Å². The molecule has 1 aromatic heterocycles. The van der Waals surface area contributed by atoms with Crippen LogP contribution in [0.1, 0.15) is 124 Å². The number of aromatic nitrogens is 2. The van der Waals surface area contributed by atoms with E-state index in [4.69, 9.17) is 24.9 Å². The Morgan fingerprint density at radius 1 is 0.853 bits per heavy atom. The van der Waals surface area contributed by atoms with E-state index < -0.39 is 36.9 Å². The maximum atomic E-state index is 13.2. The van der Waals surface area contributed by atoms with Crippen molar-refractivity contribution in [1.82, 2.24) is 30.0 Å². The van der Waals surface area contributed by atoms with Gasteiger partial charge in [-0.25, -0.2) is 14.9 Å². The molecule has 5 aliphatic rings. The number of primary amides is 1. The zero-order chi connectivity index (χ0) is 47.7. The highest BCUT2D eigenvalue weighted by Crippen LogP contribution is 2.46. The number of aliphatic hydroxyl groups excluding tert-OH is 4. The van der Waals surface area contributed by atoms with Gasteiger partial charge in [0.2, 0.25) is 5.91 Å². The summed E-state index contributed by atoms with van der Waals surface area (Å²) in [5, 5.41) is 52.1. The van der Waals surface area contributed by atoms with E-state index >= 15 is 0 Å². The number of ether oxygens (including phenoxy) is 3. The SMILES string of the molecule is CCc1nc(C(N)=O)c(Nc2ccc(N3CCC(N4CCN(C(=O)CCCCCCCOc5cccc6c5C(O)N(C5CCC(O)NC5O)C6O)CC4)CC3)c(OC)c2)nc1NC1CCOCC1. The molecule has 4 fully saturated rings. The van der Waals surface area contributed by atoms with Crippen molar-refractivity contribution >= 4 is 34.8 Å². The summed E-state index contributed by atoms with van der Waals surface area (Å²) in [7, 11) is 1.67. The van der Waals surface area contributed by atoms with Gasteiger partial charge in [0.25, 0.3) is 5.91 Å². The van der Waals surface area contributed by atoms with Crippen LogP contribution in [-0.2, 0) is 16.0 Å². The van der Waals surface area contributed by atoms with Gasteiger partial charge in [-0.3, -0.25) is 19.8 Å². The number of rotatable bonds is 19. The van der Waals surface area contributed by atoms with Crippen LogP contribution in [0.2, 0.25) is 0 Å². The molecule has 9 N–H and O–H groups in total. The third-order valence-electron chi connectivity index (χ3n) is 14.4. The van der Waals surface area contributed by atoms with Crippen molar-refractivity contribution in [3.8, 4) is 11.5 Å². The Labute approximate surface area is 399 Å². The van der Waals surface area contributed by atoms with Crippen molar-refractivity contribution in [2.45, 2.75) is 133 Å². The Morgan fingerprint density at radius 3 is 2.32 bits per heavy atom. The highest BCUT2D eigenvalue weighted by atomic mass is 16.5. The first-order chi connectivity index (χ1) is 33.0. The third-order valence-corrected chi connectivity index (χ3v) is 14.4. The Morgan fingerprint density at radius 2 is 1.60 bits per heavy atom. The first-order valence-corrected chi connectivity index (χ1v) is 24.8. The standard InChI is InChI=1S/C49H72N10O9/c1-3-35-45(51-31-19-28-67-29-20-31)55-46(43(53-35)44(50)62)52-32-13-14-36(39(30-32)66-2)57-21-17-33(18-22-57)56-23-25-58(26-24-56)41(61)12-7-5-4-6-8-27-68-38-11-9-10-34-42(38)49(65)59(48(34)64)37-15-16-40(60)54-47(37)63/h9-11,13-14,30-31,33,37,40,47-49,54,60,63-65H,3-8,12,15-29H2,1-2H3,(H2,50,62)(H2,51,52,55). The molecule has 2 aromatic carbocycles. The van der Waals surface area contributed by atoms with Gasteiger partial charge in [-0.1, -0.05) is 38.3 Å². The minimum absolute atomic E-state index is 0.0913. The van der Waals surface area contributed by atoms with Gasteiger partial charge in [-0.05, 0) is 76.0 Å². The molecular weight excluding hydrogens is 873 g/mol. The number of benzene rings is 2. The largest absolute Gasteiger partial charge is 0.495 e. The fourth-order valence-electron chi connectivity index (χ4n) is 10.5. The van der Waals surface area contributed by atoms with Gasteiger partial charge in [0, 0.05) is 93.9 Å². The second-order valence-electron chi connectivity index (χ2n) is 18.7. The van der Waals surface area contributed by atoms with E-state index in [9.17, 15) is 30.0 Å². The van der Waals surface area contributed by atoms with Crippen LogP contribution in [0, 0.1) is 0 Å². The molecule has 0 aliphatic carbocycles. The zero-order valence-electron chi connectivity index (χ0n) is 39.7. The second kappa shape index (κ2) is 23.2. The summed E-state index contributed by atoms with van der Waals surface area (Å²) in [6.45, 7) is 8.85. The highest BCUT2D eigenvalue weighted by molar-refractivity contribution is 5.96. The average Bonchev–Trinajstić information content (AvgIpc) is 3.61. The van der Waals surface area contributed by atoms with Gasteiger partial charge in [0.1, 0.15) is 36.4 Å². The topological polar surface area (TPSA) is 244 Å². The van der Waals surface area contributed by atoms with E-state index in [1.807, 2.05) is 30.0 Å². The number of piperidine rings is 2. The molecule has 5 unspecified atom stereocenters. The van der Waals surface area contributed by atoms with Crippen LogP contribution in [0.4, 0.5) is 23.0 Å². The zero-order valence-corrected chi connectivity index (χ0v) is 39.7. The van der Waals surface area contributed by atoms with Gasteiger partial charge in [-0.2, -0.15) is 0 Å². The number of carbonyl (C=O) groups is 2. The number of hydrogen-bond acceptors (Lipinski definition) is 17. The molecule has 6 heterocycles. The number of piperazine rings is 1. The number of carbonyl (C=O) groups excluding carboxylic acids is 2. The van der Waals surface area contributed by atoms with Gasteiger partial charge in [0.15, 0.2) is 17.3 Å². The van der Waals surface area contributed by atoms with E-state index in [2.05, 4.69) is 30.7 Å². The van der Waals surface area contributed by atoms with Crippen LogP contribution in [0.15, 0.2) is 36.4 Å². The van der Waals surface area contributed by atoms with E-state index in [1.54, 1.807) is 25.3 Å². The summed E-state index contributed by atoms with van der Waals surface area (Å²) in [6.07, 6.45) is 6.16. The lowest BCUT2D eigenvalue weighted by molar-refractivity contribution is -0.159. The van der Waals surface area contributed by atoms with Crippen LogP contribution >= 0.6 is 0 Å². The molecule has 372 valence electrons. The minimum Gasteiger partial charge on any atom is -0.495 e. The minimum atomic E-state index is -1.15. The molecular formula is C49H72N10O9. The number of unbranched alkanes of at least 4 members (excludes halogenated alkanes) is 4. The van der Waals surface area contributed by atoms with E-state index in [0.29, 0.717) is 91.4 Å². The second-order valence-corrected chi connectivity index (χ2v) is 18.7. The molecule has 68 heavy (non-hydrogen) atoms. The Balaban J connectivity index is 0.729. The molecule has 0 radical (unpaired) electrons. The van der Waals surface area contributed by atoms with E-state index in [0.717, 1.165) is 108 Å². The lowest BCUT2D eigenvalue weighted by atomic mass is 10.0. The first kappa shape index (κ1) is 49.6. The quantitative estimate of drug-likeness (QED) is 0.0799. The maximum absolute atomic E-state index is 13.2. The van der Waals surface area contributed by atoms with E-state index in [1.165, 1.54) is 4.90 Å². The first-order valence-electron chi connectivity index (χ1n) is 24.8. The van der Waals surface area contributed by atoms with Crippen LogP contribution < -0.4 is 36.1 Å². The summed E-state index contributed by atoms with van der Waals surface area (Å²) in [6, 6.07) is 11.4. The molecule has 19 heteroatoms. The van der Waals surface area contributed by atoms with Gasteiger partial charge in [-0.15, -0.1) is 0 Å². The number of aliphatic hydroxyl groups is 4. The van der Waals surface area contributed by atoms with Crippen molar-refractivity contribution in [2.24, 2.45) is 5.73 Å². The number of hydrogen-bond donors (Lipinski definition) is 8. The van der Waals surface area contributed by atoms with Crippen molar-refractivity contribution in [2.75, 3.05) is 81.7 Å².